The Kier molecular flexibility index (Phi) is 5.07. The van der Waals surface area contributed by atoms with E-state index >= 15 is 0 Å². The van der Waals surface area contributed by atoms with E-state index in [0.29, 0.717) is 5.52 Å². The van der Waals surface area contributed by atoms with E-state index in [2.05, 4.69) is 0 Å². The van der Waals surface area contributed by atoms with Crippen LogP contribution in [0.2, 0.25) is 0 Å². The number of nitro groups is 1. The Morgan fingerprint density at radius 1 is 1.21 bits per heavy atom. The standard InChI is InChI=1S/C14H15N3O6S/c1-4-23-12(18)7-24-11-6-9-8(5-10(11)17(21)22)15(2)13(19)14(20)16(9)3/h5-6H,4,7H2,1-3H3. The lowest BCUT2D eigenvalue weighted by Crippen LogP contribution is -2.39. The minimum Gasteiger partial charge on any atom is -0.465 e. The van der Waals surface area contributed by atoms with Crippen molar-refractivity contribution < 1.29 is 14.5 Å². The van der Waals surface area contributed by atoms with Gasteiger partial charge in [0.05, 0.1) is 33.2 Å². The van der Waals surface area contributed by atoms with Gasteiger partial charge in [-0.25, -0.2) is 0 Å². The van der Waals surface area contributed by atoms with Crippen LogP contribution in [0, 0.1) is 10.1 Å². The first-order valence-electron chi connectivity index (χ1n) is 6.94. The van der Waals surface area contributed by atoms with Gasteiger partial charge in [-0.2, -0.15) is 0 Å². The van der Waals surface area contributed by atoms with Crippen LogP contribution in [-0.4, -0.2) is 32.4 Å². The SMILES string of the molecule is CCOC(=O)CSc1cc2c(cc1[N+](=O)[O-])n(C)c(=O)c(=O)n2C. The molecule has 0 saturated carbocycles. The fraction of sp³-hybridized carbons (Fsp3) is 0.357. The third-order valence-corrected chi connectivity index (χ3v) is 4.44. The van der Waals surface area contributed by atoms with Gasteiger partial charge in [-0.05, 0) is 13.0 Å². The van der Waals surface area contributed by atoms with Crippen molar-refractivity contribution in [2.24, 2.45) is 14.1 Å². The summed E-state index contributed by atoms with van der Waals surface area (Å²) in [6.45, 7) is 1.88. The Balaban J connectivity index is 2.64. The van der Waals surface area contributed by atoms with Crippen LogP contribution in [0.4, 0.5) is 5.69 Å². The molecule has 0 unspecified atom stereocenters. The lowest BCUT2D eigenvalue weighted by Gasteiger charge is -2.11. The van der Waals surface area contributed by atoms with Crippen molar-refractivity contribution in [1.29, 1.82) is 0 Å². The van der Waals surface area contributed by atoms with E-state index in [0.717, 1.165) is 20.9 Å². The summed E-state index contributed by atoms with van der Waals surface area (Å²) in [5.74, 6) is -0.592. The number of hydrogen-bond donors (Lipinski definition) is 0. The molecule has 0 aliphatic heterocycles. The summed E-state index contributed by atoms with van der Waals surface area (Å²) < 4.78 is 7.01. The van der Waals surface area contributed by atoms with Gasteiger partial charge in [0.2, 0.25) is 0 Å². The van der Waals surface area contributed by atoms with Gasteiger partial charge in [0.1, 0.15) is 0 Å². The van der Waals surface area contributed by atoms with Gasteiger partial charge in [0.15, 0.2) is 0 Å². The molecule has 0 bridgehead atoms. The number of esters is 1. The second-order valence-corrected chi connectivity index (χ2v) is 5.90. The molecule has 0 aliphatic carbocycles. The molecule has 2 aromatic rings. The minimum absolute atomic E-state index is 0.0973. The van der Waals surface area contributed by atoms with E-state index in [1.165, 1.54) is 26.2 Å². The van der Waals surface area contributed by atoms with Crippen LogP contribution in [0.15, 0.2) is 26.6 Å². The molecular formula is C14H15N3O6S. The van der Waals surface area contributed by atoms with Gasteiger partial charge >= 0.3 is 17.1 Å². The van der Waals surface area contributed by atoms with E-state index in [-0.39, 0.29) is 28.5 Å². The first-order chi connectivity index (χ1) is 11.3. The first-order valence-corrected chi connectivity index (χ1v) is 7.93. The third-order valence-electron chi connectivity index (χ3n) is 3.42. The summed E-state index contributed by atoms with van der Waals surface area (Å²) in [7, 11) is 2.79. The molecule has 0 spiro atoms. The van der Waals surface area contributed by atoms with Crippen LogP contribution in [0.3, 0.4) is 0 Å². The number of fused-ring (bicyclic) bond motifs is 1. The molecular weight excluding hydrogens is 338 g/mol. The van der Waals surface area contributed by atoms with Crippen molar-refractivity contribution in [3.05, 3.63) is 43.0 Å². The number of aryl methyl sites for hydroxylation is 2. The smallest absolute Gasteiger partial charge is 0.316 e. The summed E-state index contributed by atoms with van der Waals surface area (Å²) in [6.07, 6.45) is 0. The number of carbonyl (C=O) groups is 1. The first kappa shape index (κ1) is 17.7. The summed E-state index contributed by atoms with van der Waals surface area (Å²) in [4.78, 5) is 46.1. The highest BCUT2D eigenvalue weighted by molar-refractivity contribution is 8.00. The maximum Gasteiger partial charge on any atom is 0.316 e. The van der Waals surface area contributed by atoms with E-state index < -0.39 is 22.0 Å². The number of thioether (sulfide) groups is 1. The predicted molar refractivity (Wildman–Crippen MR) is 88.4 cm³/mol. The molecule has 0 atom stereocenters. The van der Waals surface area contributed by atoms with Crippen LogP contribution < -0.4 is 11.1 Å². The number of aromatic nitrogens is 2. The Morgan fingerprint density at radius 3 is 2.25 bits per heavy atom. The normalized spacial score (nSPS) is 10.8. The van der Waals surface area contributed by atoms with Gasteiger partial charge in [0.25, 0.3) is 5.69 Å². The fourth-order valence-corrected chi connectivity index (χ4v) is 3.02. The van der Waals surface area contributed by atoms with E-state index in [9.17, 15) is 24.5 Å². The molecule has 0 aliphatic rings. The van der Waals surface area contributed by atoms with E-state index in [1.807, 2.05) is 0 Å². The van der Waals surface area contributed by atoms with Crippen molar-refractivity contribution in [1.82, 2.24) is 9.13 Å². The maximum atomic E-state index is 11.9. The van der Waals surface area contributed by atoms with Crippen molar-refractivity contribution >= 4 is 34.5 Å². The second kappa shape index (κ2) is 6.87. The highest BCUT2D eigenvalue weighted by Crippen LogP contribution is 2.32. The summed E-state index contributed by atoms with van der Waals surface area (Å²) in [5.41, 5.74) is -1.13. The molecule has 10 heteroatoms. The Bertz CT molecular complexity index is 946. The van der Waals surface area contributed by atoms with Gasteiger partial charge in [-0.1, -0.05) is 0 Å². The summed E-state index contributed by atoms with van der Waals surface area (Å²) in [6, 6.07) is 2.65. The molecule has 128 valence electrons. The Morgan fingerprint density at radius 2 is 1.75 bits per heavy atom. The van der Waals surface area contributed by atoms with Gasteiger partial charge in [-0.3, -0.25) is 24.5 Å². The summed E-state index contributed by atoms with van der Waals surface area (Å²) >= 11 is 0.944. The lowest BCUT2D eigenvalue weighted by molar-refractivity contribution is -0.387. The minimum atomic E-state index is -0.772. The molecule has 2 rings (SSSR count). The maximum absolute atomic E-state index is 11.9. The Labute approximate surface area is 140 Å². The molecule has 0 radical (unpaired) electrons. The molecule has 1 aromatic heterocycles. The van der Waals surface area contributed by atoms with Crippen molar-refractivity contribution in [2.75, 3.05) is 12.4 Å². The predicted octanol–water partition coefficient (Wildman–Crippen LogP) is 0.801. The average Bonchev–Trinajstić information content (AvgIpc) is 2.55. The molecule has 0 fully saturated rings. The van der Waals surface area contributed by atoms with Crippen LogP contribution in [-0.2, 0) is 23.6 Å². The van der Waals surface area contributed by atoms with Crippen LogP contribution >= 0.6 is 11.8 Å². The van der Waals surface area contributed by atoms with Gasteiger partial charge in [-0.15, -0.1) is 11.8 Å². The number of ether oxygens (including phenoxy) is 1. The van der Waals surface area contributed by atoms with Crippen LogP contribution in [0.1, 0.15) is 6.92 Å². The number of carbonyl (C=O) groups excluding carboxylic acids is 1. The number of nitrogens with zero attached hydrogens (tertiary/aromatic N) is 3. The monoisotopic (exact) mass is 353 g/mol. The molecule has 0 N–H and O–H groups in total. The zero-order valence-electron chi connectivity index (χ0n) is 13.3. The summed E-state index contributed by atoms with van der Waals surface area (Å²) in [5, 5.41) is 11.3. The third kappa shape index (κ3) is 3.18. The lowest BCUT2D eigenvalue weighted by atomic mass is 10.2. The number of benzene rings is 1. The van der Waals surface area contributed by atoms with Crippen LogP contribution in [0.25, 0.3) is 11.0 Å². The molecule has 1 heterocycles. The number of rotatable bonds is 5. The molecule has 1 aromatic carbocycles. The average molecular weight is 353 g/mol. The molecule has 0 saturated heterocycles. The zero-order chi connectivity index (χ0) is 18.0. The quantitative estimate of drug-likeness (QED) is 0.257. The molecule has 24 heavy (non-hydrogen) atoms. The largest absolute Gasteiger partial charge is 0.465 e. The molecule has 0 amide bonds. The van der Waals surface area contributed by atoms with E-state index in [1.54, 1.807) is 6.92 Å². The topological polar surface area (TPSA) is 113 Å². The van der Waals surface area contributed by atoms with E-state index in [4.69, 9.17) is 4.74 Å². The van der Waals surface area contributed by atoms with Crippen molar-refractivity contribution in [3.63, 3.8) is 0 Å². The van der Waals surface area contributed by atoms with Gasteiger partial charge in [0, 0.05) is 20.2 Å². The Hall–Kier alpha value is -2.62. The van der Waals surface area contributed by atoms with Gasteiger partial charge < -0.3 is 13.9 Å². The highest BCUT2D eigenvalue weighted by atomic mass is 32.2. The van der Waals surface area contributed by atoms with Crippen molar-refractivity contribution in [3.8, 4) is 0 Å². The zero-order valence-corrected chi connectivity index (χ0v) is 14.1. The highest BCUT2D eigenvalue weighted by Gasteiger charge is 2.20. The number of nitro benzene ring substituents is 1. The van der Waals surface area contributed by atoms with Crippen LogP contribution in [0.5, 0.6) is 0 Å². The van der Waals surface area contributed by atoms with Crippen molar-refractivity contribution in [2.45, 2.75) is 11.8 Å². The second-order valence-electron chi connectivity index (χ2n) is 4.89. The molecule has 9 nitrogen and oxygen atoms in total. The number of hydrogen-bond acceptors (Lipinski definition) is 7. The fourth-order valence-electron chi connectivity index (χ4n) is 2.19.